The van der Waals surface area contributed by atoms with Crippen LogP contribution in [0.25, 0.3) is 21.9 Å². The number of hydrogen-bond donors (Lipinski definition) is 3. The molecule has 0 saturated heterocycles. The van der Waals surface area contributed by atoms with Gasteiger partial charge in [-0.25, -0.2) is 14.4 Å². The molecule has 0 aliphatic heterocycles. The third kappa shape index (κ3) is 5.04. The van der Waals surface area contributed by atoms with E-state index in [1.54, 1.807) is 26.0 Å². The highest BCUT2D eigenvalue weighted by molar-refractivity contribution is 6.06. The number of aliphatic hydroxyl groups is 1. The molecule has 0 aliphatic carbocycles. The summed E-state index contributed by atoms with van der Waals surface area (Å²) in [6.45, 7) is 7.05. The maximum atomic E-state index is 14.4. The van der Waals surface area contributed by atoms with Gasteiger partial charge in [0.2, 0.25) is 0 Å². The summed E-state index contributed by atoms with van der Waals surface area (Å²) in [5, 5.41) is 11.4. The van der Waals surface area contributed by atoms with Crippen molar-refractivity contribution < 1.29 is 14.2 Å². The van der Waals surface area contributed by atoms with Gasteiger partial charge in [-0.3, -0.25) is 0 Å². The van der Waals surface area contributed by atoms with Crippen LogP contribution in [0.3, 0.4) is 0 Å². The van der Waals surface area contributed by atoms with Crippen LogP contribution in [0.4, 0.5) is 10.2 Å². The van der Waals surface area contributed by atoms with Gasteiger partial charge in [0.1, 0.15) is 23.8 Å². The third-order valence-electron chi connectivity index (χ3n) is 5.77. The zero-order valence-electron chi connectivity index (χ0n) is 19.9. The molecular weight excluding hydrogens is 433 g/mol. The summed E-state index contributed by atoms with van der Waals surface area (Å²) in [6.07, 6.45) is 1.08. The number of benzene rings is 2. The molecule has 2 heterocycles. The fourth-order valence-corrected chi connectivity index (χ4v) is 4.27. The summed E-state index contributed by atoms with van der Waals surface area (Å²) in [5.74, 6) is 0.784. The van der Waals surface area contributed by atoms with Crippen LogP contribution in [-0.2, 0) is 30.7 Å². The van der Waals surface area contributed by atoms with Gasteiger partial charge in [0.25, 0.3) is 0 Å². The van der Waals surface area contributed by atoms with Crippen molar-refractivity contribution >= 4 is 27.8 Å². The lowest BCUT2D eigenvalue weighted by Gasteiger charge is -2.20. The second-order valence-corrected chi connectivity index (χ2v) is 9.25. The molecule has 180 valence electrons. The number of anilines is 1. The van der Waals surface area contributed by atoms with E-state index in [1.165, 1.54) is 0 Å². The average molecular weight is 466 g/mol. The van der Waals surface area contributed by atoms with Crippen molar-refractivity contribution in [1.82, 2.24) is 14.5 Å². The molecule has 2 aromatic carbocycles. The number of ether oxygens (including phenoxy) is 1. The standard InChI is InChI=1S/C26H32FN5O2/c1-4-34-14-22-31-23-24(32(22)15-26(2,3)33)19-8-6-17(13-21(19)30-25(23)29)11-16-5-7-18(9-10-28)20(27)12-16/h5-8,12-13,33H,4,9-11,14-15,28H2,1-3H3,(H2,29,30). The van der Waals surface area contributed by atoms with Crippen LogP contribution < -0.4 is 11.5 Å². The van der Waals surface area contributed by atoms with Gasteiger partial charge in [-0.2, -0.15) is 0 Å². The number of nitrogens with two attached hydrogens (primary N) is 2. The predicted molar refractivity (Wildman–Crippen MR) is 133 cm³/mol. The minimum atomic E-state index is -0.959. The Balaban J connectivity index is 1.78. The smallest absolute Gasteiger partial charge is 0.152 e. The predicted octanol–water partition coefficient (Wildman–Crippen LogP) is 3.71. The number of nitrogen functional groups attached to an aromatic ring is 1. The molecule has 0 fully saturated rings. The van der Waals surface area contributed by atoms with Gasteiger partial charge in [0.05, 0.1) is 23.2 Å². The fourth-order valence-electron chi connectivity index (χ4n) is 4.27. The molecule has 0 saturated carbocycles. The van der Waals surface area contributed by atoms with Crippen molar-refractivity contribution in [3.8, 4) is 0 Å². The Hall–Kier alpha value is -3.07. The molecule has 7 nitrogen and oxygen atoms in total. The van der Waals surface area contributed by atoms with Crippen molar-refractivity contribution in [2.24, 2.45) is 5.73 Å². The van der Waals surface area contributed by atoms with Crippen LogP contribution in [0, 0.1) is 5.82 Å². The molecule has 5 N–H and O–H groups in total. The van der Waals surface area contributed by atoms with Crippen molar-refractivity contribution in [1.29, 1.82) is 0 Å². The van der Waals surface area contributed by atoms with Gasteiger partial charge in [-0.15, -0.1) is 0 Å². The highest BCUT2D eigenvalue weighted by atomic mass is 19.1. The summed E-state index contributed by atoms with van der Waals surface area (Å²) in [5.41, 5.74) is 15.5. The van der Waals surface area contributed by atoms with Crippen molar-refractivity contribution in [2.45, 2.75) is 52.4 Å². The number of nitrogens with zero attached hydrogens (tertiary/aromatic N) is 3. The van der Waals surface area contributed by atoms with E-state index in [-0.39, 0.29) is 5.82 Å². The van der Waals surface area contributed by atoms with E-state index in [1.807, 2.05) is 35.8 Å². The fraction of sp³-hybridized carbons (Fsp3) is 0.385. The monoisotopic (exact) mass is 465 g/mol. The first kappa shape index (κ1) is 24.1. The highest BCUT2D eigenvalue weighted by Crippen LogP contribution is 2.31. The Labute approximate surface area is 198 Å². The van der Waals surface area contributed by atoms with Gasteiger partial charge in [0, 0.05) is 12.0 Å². The third-order valence-corrected chi connectivity index (χ3v) is 5.77. The largest absolute Gasteiger partial charge is 0.389 e. The molecule has 4 rings (SSSR count). The first-order valence-electron chi connectivity index (χ1n) is 11.5. The molecule has 34 heavy (non-hydrogen) atoms. The van der Waals surface area contributed by atoms with Crippen LogP contribution >= 0.6 is 0 Å². The number of aromatic nitrogens is 3. The van der Waals surface area contributed by atoms with Crippen LogP contribution in [0.5, 0.6) is 0 Å². The number of pyridine rings is 1. The highest BCUT2D eigenvalue weighted by Gasteiger charge is 2.22. The lowest BCUT2D eigenvalue weighted by molar-refractivity contribution is 0.0582. The first-order valence-corrected chi connectivity index (χ1v) is 11.5. The maximum Gasteiger partial charge on any atom is 0.152 e. The Morgan fingerprint density at radius 1 is 1.12 bits per heavy atom. The number of hydrogen-bond acceptors (Lipinski definition) is 6. The molecule has 2 aromatic heterocycles. The Bertz CT molecular complexity index is 1330. The van der Waals surface area contributed by atoms with Crippen LogP contribution in [0.2, 0.25) is 0 Å². The molecule has 8 heteroatoms. The zero-order chi connectivity index (χ0) is 24.5. The van der Waals surface area contributed by atoms with E-state index < -0.39 is 5.60 Å². The topological polar surface area (TPSA) is 112 Å². The van der Waals surface area contributed by atoms with Crippen molar-refractivity contribution in [3.63, 3.8) is 0 Å². The van der Waals surface area contributed by atoms with Gasteiger partial charge in [-0.1, -0.05) is 24.3 Å². The number of fused-ring (bicyclic) bond motifs is 3. The van der Waals surface area contributed by atoms with Gasteiger partial charge >= 0.3 is 0 Å². The molecular formula is C26H32FN5O2. The Kier molecular flexibility index (Phi) is 6.84. The summed E-state index contributed by atoms with van der Waals surface area (Å²) >= 11 is 0. The van der Waals surface area contributed by atoms with Crippen LogP contribution in [-0.4, -0.2) is 38.4 Å². The molecule has 4 aromatic rings. The van der Waals surface area contributed by atoms with Crippen molar-refractivity contribution in [2.75, 3.05) is 18.9 Å². The maximum absolute atomic E-state index is 14.4. The SMILES string of the molecule is CCOCc1nc2c(N)nc3cc(Cc4ccc(CCN)c(F)c4)ccc3c2n1CC(C)(C)O. The van der Waals surface area contributed by atoms with Crippen molar-refractivity contribution in [3.05, 3.63) is 64.7 Å². The summed E-state index contributed by atoms with van der Waals surface area (Å²) in [7, 11) is 0. The summed E-state index contributed by atoms with van der Waals surface area (Å²) in [6, 6.07) is 11.3. The van der Waals surface area contributed by atoms with Gasteiger partial charge < -0.3 is 25.9 Å². The van der Waals surface area contributed by atoms with Crippen LogP contribution in [0.1, 0.15) is 43.3 Å². The normalized spacial score (nSPS) is 12.2. The van der Waals surface area contributed by atoms with Gasteiger partial charge in [0.15, 0.2) is 5.82 Å². The Morgan fingerprint density at radius 2 is 1.85 bits per heavy atom. The molecule has 0 bridgehead atoms. The van der Waals surface area contributed by atoms with E-state index in [2.05, 4.69) is 4.98 Å². The first-order chi connectivity index (χ1) is 16.2. The summed E-state index contributed by atoms with van der Waals surface area (Å²) in [4.78, 5) is 9.30. The molecule has 0 atom stereocenters. The molecule has 0 amide bonds. The number of imidazole rings is 1. The zero-order valence-corrected chi connectivity index (χ0v) is 19.9. The summed E-state index contributed by atoms with van der Waals surface area (Å²) < 4.78 is 21.9. The van der Waals surface area contributed by atoms with E-state index in [9.17, 15) is 9.50 Å². The number of rotatable bonds is 9. The van der Waals surface area contributed by atoms with Crippen LogP contribution in [0.15, 0.2) is 36.4 Å². The molecule has 0 aliphatic rings. The van der Waals surface area contributed by atoms with Gasteiger partial charge in [-0.05, 0) is 69.0 Å². The Morgan fingerprint density at radius 3 is 2.53 bits per heavy atom. The molecule has 0 unspecified atom stereocenters. The number of halogens is 1. The minimum absolute atomic E-state index is 0.231. The quantitative estimate of drug-likeness (QED) is 0.347. The van der Waals surface area contributed by atoms with E-state index >= 15 is 0 Å². The minimum Gasteiger partial charge on any atom is -0.389 e. The molecule has 0 radical (unpaired) electrons. The lowest BCUT2D eigenvalue weighted by atomic mass is 10.0. The van der Waals surface area contributed by atoms with E-state index in [4.69, 9.17) is 21.2 Å². The average Bonchev–Trinajstić information content (AvgIpc) is 3.11. The van der Waals surface area contributed by atoms with E-state index in [0.29, 0.717) is 61.9 Å². The van der Waals surface area contributed by atoms with E-state index in [0.717, 1.165) is 27.5 Å². The second-order valence-electron chi connectivity index (χ2n) is 9.25. The lowest BCUT2D eigenvalue weighted by Crippen LogP contribution is -2.27. The molecule has 0 spiro atoms. The second kappa shape index (κ2) is 9.66.